The first-order chi connectivity index (χ1) is 18.8. The van der Waals surface area contributed by atoms with Crippen LogP contribution >= 0.6 is 24.0 Å². The molecule has 0 spiro atoms. The van der Waals surface area contributed by atoms with Crippen LogP contribution in [0.15, 0.2) is 46.2 Å². The third-order valence-electron chi connectivity index (χ3n) is 7.19. The average Bonchev–Trinajstić information content (AvgIpc) is 3.50. The number of hydrogen-bond donors (Lipinski definition) is 1. The zero-order valence-electron chi connectivity index (χ0n) is 21.1. The number of fused-ring (bicyclic) bond motifs is 2. The minimum absolute atomic E-state index is 0.167. The Kier molecular flexibility index (Phi) is 6.51. The summed E-state index contributed by atoms with van der Waals surface area (Å²) in [4.78, 5) is 47.7. The molecule has 12 heteroatoms. The Labute approximate surface area is 233 Å². The van der Waals surface area contributed by atoms with Gasteiger partial charge in [-0.05, 0) is 55.2 Å². The van der Waals surface area contributed by atoms with E-state index in [-0.39, 0.29) is 36.6 Å². The molecule has 0 saturated carbocycles. The normalized spacial score (nSPS) is 18.5. The summed E-state index contributed by atoms with van der Waals surface area (Å²) in [6.07, 6.45) is 4.41. The van der Waals surface area contributed by atoms with Gasteiger partial charge in [0, 0.05) is 25.2 Å². The number of anilines is 1. The van der Waals surface area contributed by atoms with Crippen LogP contribution in [0.5, 0.6) is 11.5 Å². The van der Waals surface area contributed by atoms with Gasteiger partial charge >= 0.3 is 0 Å². The summed E-state index contributed by atoms with van der Waals surface area (Å²) in [5, 5.41) is 0. The van der Waals surface area contributed by atoms with Crippen LogP contribution in [0, 0.1) is 12.8 Å². The molecular formula is C27H25N5O5S2. The Morgan fingerprint density at radius 1 is 1.21 bits per heavy atom. The van der Waals surface area contributed by atoms with Crippen LogP contribution in [0.25, 0.3) is 11.7 Å². The molecule has 3 aromatic rings. The second-order valence-electron chi connectivity index (χ2n) is 9.66. The van der Waals surface area contributed by atoms with Crippen LogP contribution in [0.4, 0.5) is 5.82 Å². The molecule has 2 saturated heterocycles. The predicted molar refractivity (Wildman–Crippen MR) is 152 cm³/mol. The van der Waals surface area contributed by atoms with Crippen molar-refractivity contribution in [3.63, 3.8) is 0 Å². The number of carbonyl (C=O) groups is 2. The molecule has 39 heavy (non-hydrogen) atoms. The van der Waals surface area contributed by atoms with Gasteiger partial charge in [-0.2, -0.15) is 0 Å². The van der Waals surface area contributed by atoms with Crippen LogP contribution in [-0.2, 0) is 16.1 Å². The molecule has 200 valence electrons. The number of nitrogens with zero attached hydrogens (tertiary/aromatic N) is 4. The van der Waals surface area contributed by atoms with E-state index in [1.54, 1.807) is 18.3 Å². The van der Waals surface area contributed by atoms with Gasteiger partial charge in [-0.25, -0.2) is 4.98 Å². The topological polar surface area (TPSA) is 119 Å². The van der Waals surface area contributed by atoms with Crippen molar-refractivity contribution in [3.8, 4) is 11.5 Å². The monoisotopic (exact) mass is 563 g/mol. The Morgan fingerprint density at radius 3 is 2.74 bits per heavy atom. The van der Waals surface area contributed by atoms with Gasteiger partial charge in [0.1, 0.15) is 15.8 Å². The molecule has 3 aliphatic heterocycles. The molecule has 1 aromatic carbocycles. The Bertz CT molecular complexity index is 1630. The summed E-state index contributed by atoms with van der Waals surface area (Å²) in [5.74, 6) is 0.969. The molecule has 0 atom stereocenters. The lowest BCUT2D eigenvalue weighted by Crippen LogP contribution is -2.40. The van der Waals surface area contributed by atoms with Crippen molar-refractivity contribution in [3.05, 3.63) is 68.5 Å². The first kappa shape index (κ1) is 25.4. The highest BCUT2D eigenvalue weighted by atomic mass is 32.2. The quantitative estimate of drug-likeness (QED) is 0.369. The number of aryl methyl sites for hydroxylation is 1. The number of pyridine rings is 1. The Morgan fingerprint density at radius 2 is 1.97 bits per heavy atom. The van der Waals surface area contributed by atoms with Gasteiger partial charge in [-0.3, -0.25) is 23.7 Å². The summed E-state index contributed by atoms with van der Waals surface area (Å²) in [6, 6.07) is 9.19. The maximum Gasteiger partial charge on any atom is 0.267 e. The van der Waals surface area contributed by atoms with Crippen LogP contribution < -0.4 is 25.7 Å². The minimum atomic E-state index is -0.316. The predicted octanol–water partition coefficient (Wildman–Crippen LogP) is 2.83. The van der Waals surface area contributed by atoms with Gasteiger partial charge in [0.05, 0.1) is 17.0 Å². The molecule has 0 unspecified atom stereocenters. The fraction of sp³-hybridized carbons (Fsp3) is 0.296. The number of primary amides is 1. The highest BCUT2D eigenvalue weighted by Crippen LogP contribution is 2.37. The lowest BCUT2D eigenvalue weighted by Gasteiger charge is -2.32. The number of hydrogen-bond acceptors (Lipinski definition) is 9. The number of thiocarbonyl (C=S) groups is 1. The maximum absolute atomic E-state index is 13.8. The van der Waals surface area contributed by atoms with Gasteiger partial charge in [0.15, 0.2) is 11.5 Å². The SMILES string of the molecule is Cc1cccn2c(=O)c(C=C3SC(=S)N(Cc4ccc5c(c4)OCO5)C3=O)c(N3CCC(C(N)=O)CC3)nc12. The van der Waals surface area contributed by atoms with E-state index in [4.69, 9.17) is 32.4 Å². The lowest BCUT2D eigenvalue weighted by molar-refractivity contribution is -0.123. The maximum atomic E-state index is 13.8. The standard InChI is InChI=1S/C27H25N5O5S2/c1-15-3-2-8-31-23(15)29-24(30-9-6-17(7-10-30)22(28)33)18(25(31)34)12-21-26(35)32(27(38)39-21)13-16-4-5-19-20(11-16)37-14-36-19/h2-5,8,11-12,17H,6-7,9-10,13-14H2,1H3,(H2,28,33). The number of nitrogens with two attached hydrogens (primary N) is 1. The van der Waals surface area contributed by atoms with Gasteiger partial charge < -0.3 is 20.1 Å². The number of amides is 2. The summed E-state index contributed by atoms with van der Waals surface area (Å²) >= 11 is 6.71. The highest BCUT2D eigenvalue weighted by Gasteiger charge is 2.34. The first-order valence-corrected chi connectivity index (χ1v) is 13.7. The van der Waals surface area contributed by atoms with E-state index in [0.29, 0.717) is 63.7 Å². The Balaban J connectivity index is 1.36. The number of carbonyl (C=O) groups excluding carboxylic acids is 2. The van der Waals surface area contributed by atoms with Crippen molar-refractivity contribution in [2.75, 3.05) is 24.8 Å². The smallest absolute Gasteiger partial charge is 0.267 e. The van der Waals surface area contributed by atoms with E-state index >= 15 is 0 Å². The zero-order valence-corrected chi connectivity index (χ0v) is 22.7. The third-order valence-corrected chi connectivity index (χ3v) is 8.57. The molecule has 0 bridgehead atoms. The van der Waals surface area contributed by atoms with Crippen molar-refractivity contribution in [1.82, 2.24) is 14.3 Å². The number of benzene rings is 1. The van der Waals surface area contributed by atoms with E-state index in [9.17, 15) is 14.4 Å². The highest BCUT2D eigenvalue weighted by molar-refractivity contribution is 8.26. The molecule has 2 amide bonds. The summed E-state index contributed by atoms with van der Waals surface area (Å²) in [7, 11) is 0. The average molecular weight is 564 g/mol. The van der Waals surface area contributed by atoms with E-state index in [2.05, 4.69) is 0 Å². The fourth-order valence-electron chi connectivity index (χ4n) is 5.03. The molecule has 5 heterocycles. The van der Waals surface area contributed by atoms with Gasteiger partial charge in [0.25, 0.3) is 11.5 Å². The van der Waals surface area contributed by atoms with Crippen molar-refractivity contribution in [2.45, 2.75) is 26.3 Å². The van der Waals surface area contributed by atoms with Crippen LogP contribution in [0.3, 0.4) is 0 Å². The molecule has 3 aliphatic rings. The second-order valence-corrected chi connectivity index (χ2v) is 11.3. The van der Waals surface area contributed by atoms with E-state index in [1.165, 1.54) is 9.30 Å². The molecule has 0 radical (unpaired) electrons. The molecule has 0 aliphatic carbocycles. The van der Waals surface area contributed by atoms with Gasteiger partial charge in [-0.1, -0.05) is 36.1 Å². The summed E-state index contributed by atoms with van der Waals surface area (Å²) < 4.78 is 12.7. The van der Waals surface area contributed by atoms with Gasteiger partial charge in [0.2, 0.25) is 12.7 Å². The third kappa shape index (κ3) is 4.63. The molecule has 10 nitrogen and oxygen atoms in total. The van der Waals surface area contributed by atoms with Crippen LogP contribution in [0.1, 0.15) is 29.5 Å². The van der Waals surface area contributed by atoms with Crippen molar-refractivity contribution < 1.29 is 19.1 Å². The zero-order chi connectivity index (χ0) is 27.3. The van der Waals surface area contributed by atoms with E-state index < -0.39 is 0 Å². The lowest BCUT2D eigenvalue weighted by atomic mass is 9.96. The van der Waals surface area contributed by atoms with Crippen LogP contribution in [-0.4, -0.2) is 50.3 Å². The van der Waals surface area contributed by atoms with E-state index in [0.717, 1.165) is 22.9 Å². The largest absolute Gasteiger partial charge is 0.454 e. The molecular weight excluding hydrogens is 538 g/mol. The second kappa shape index (κ2) is 10.0. The molecule has 2 fully saturated rings. The summed E-state index contributed by atoms with van der Waals surface area (Å²) in [6.45, 7) is 3.37. The number of thioether (sulfide) groups is 1. The number of rotatable bonds is 5. The van der Waals surface area contributed by atoms with Crippen LogP contribution in [0.2, 0.25) is 0 Å². The minimum Gasteiger partial charge on any atom is -0.454 e. The Hall–Kier alpha value is -3.90. The molecule has 6 rings (SSSR count). The summed E-state index contributed by atoms with van der Waals surface area (Å²) in [5.41, 5.74) is 7.79. The molecule has 2 aromatic heterocycles. The van der Waals surface area contributed by atoms with Crippen molar-refractivity contribution in [2.24, 2.45) is 11.7 Å². The van der Waals surface area contributed by atoms with Crippen molar-refractivity contribution in [1.29, 1.82) is 0 Å². The first-order valence-electron chi connectivity index (χ1n) is 12.5. The number of ether oxygens (including phenoxy) is 2. The fourth-order valence-corrected chi connectivity index (χ4v) is 6.27. The molecule has 2 N–H and O–H groups in total. The number of piperidine rings is 1. The van der Waals surface area contributed by atoms with Gasteiger partial charge in [-0.15, -0.1) is 0 Å². The van der Waals surface area contributed by atoms with Crippen molar-refractivity contribution >= 4 is 57.7 Å². The van der Waals surface area contributed by atoms with E-state index in [1.807, 2.05) is 36.1 Å². The number of aromatic nitrogens is 2.